The van der Waals surface area contributed by atoms with Gasteiger partial charge in [-0.15, -0.1) is 0 Å². The highest BCUT2D eigenvalue weighted by Gasteiger charge is 2.24. The Bertz CT molecular complexity index is 642. The van der Waals surface area contributed by atoms with Gasteiger partial charge in [-0.05, 0) is 24.1 Å². The number of benzene rings is 1. The molecule has 2 rings (SSSR count). The molecular formula is C15H18ClN3O3. The molecule has 0 aliphatic carbocycles. The average Bonchev–Trinajstić information content (AvgIpc) is 2.88. The number of aromatic nitrogens is 2. The Kier molecular flexibility index (Phi) is 5.38. The summed E-state index contributed by atoms with van der Waals surface area (Å²) in [4.78, 5) is 16.3. The second-order valence-corrected chi connectivity index (χ2v) is 5.62. The number of hydrogen-bond donors (Lipinski definition) is 1. The number of ether oxygens (including phenoxy) is 1. The minimum atomic E-state index is -0.633. The number of hydrogen-bond acceptors (Lipinski definition) is 5. The molecular weight excluding hydrogens is 306 g/mol. The van der Waals surface area contributed by atoms with E-state index in [0.717, 1.165) is 0 Å². The van der Waals surface area contributed by atoms with E-state index in [9.17, 15) is 4.79 Å². The zero-order valence-corrected chi connectivity index (χ0v) is 13.4. The van der Waals surface area contributed by atoms with E-state index >= 15 is 0 Å². The number of amides is 1. The van der Waals surface area contributed by atoms with Crippen molar-refractivity contribution in [1.82, 2.24) is 15.5 Å². The Hall–Kier alpha value is -2.08. The lowest BCUT2D eigenvalue weighted by Gasteiger charge is -2.21. The van der Waals surface area contributed by atoms with Gasteiger partial charge in [0.15, 0.2) is 11.9 Å². The first kappa shape index (κ1) is 16.3. The number of carbonyl (C=O) groups excluding carboxylic acids is 1. The fraction of sp³-hybridized carbons (Fsp3) is 0.400. The lowest BCUT2D eigenvalue weighted by Crippen LogP contribution is -2.41. The van der Waals surface area contributed by atoms with Crippen LogP contribution in [0.15, 0.2) is 28.8 Å². The highest BCUT2D eigenvalue weighted by atomic mass is 35.5. The van der Waals surface area contributed by atoms with Crippen LogP contribution in [0.25, 0.3) is 0 Å². The molecule has 2 aromatic rings. The molecule has 1 amide bonds. The van der Waals surface area contributed by atoms with E-state index in [0.29, 0.717) is 22.5 Å². The predicted octanol–water partition coefficient (Wildman–Crippen LogP) is 2.75. The summed E-state index contributed by atoms with van der Waals surface area (Å²) < 4.78 is 10.6. The predicted molar refractivity (Wildman–Crippen MR) is 81.6 cm³/mol. The number of halogens is 1. The minimum Gasteiger partial charge on any atom is -0.480 e. The third kappa shape index (κ3) is 4.46. The lowest BCUT2D eigenvalue weighted by molar-refractivity contribution is -0.130. The maximum absolute atomic E-state index is 12.3. The van der Waals surface area contributed by atoms with Gasteiger partial charge in [0.25, 0.3) is 5.91 Å². The van der Waals surface area contributed by atoms with E-state index < -0.39 is 6.10 Å². The van der Waals surface area contributed by atoms with Crippen LogP contribution in [0.5, 0.6) is 5.75 Å². The summed E-state index contributed by atoms with van der Waals surface area (Å²) in [5, 5.41) is 7.03. The van der Waals surface area contributed by atoms with Crippen molar-refractivity contribution >= 4 is 17.5 Å². The van der Waals surface area contributed by atoms with Crippen molar-refractivity contribution in [1.29, 1.82) is 0 Å². The molecule has 0 aliphatic heterocycles. The molecule has 6 nitrogen and oxygen atoms in total. The SMILES string of the molecule is Cc1nc(CNC(=O)[C@@H](Oc2cccc(Cl)c2)C(C)C)no1. The molecule has 0 saturated carbocycles. The van der Waals surface area contributed by atoms with Crippen molar-refractivity contribution in [2.75, 3.05) is 0 Å². The first-order chi connectivity index (χ1) is 10.5. The fourth-order valence-electron chi connectivity index (χ4n) is 1.86. The van der Waals surface area contributed by atoms with Gasteiger partial charge in [-0.2, -0.15) is 4.98 Å². The summed E-state index contributed by atoms with van der Waals surface area (Å²) in [6.45, 7) is 5.70. The normalized spacial score (nSPS) is 12.2. The highest BCUT2D eigenvalue weighted by Crippen LogP contribution is 2.20. The maximum atomic E-state index is 12.3. The molecule has 7 heteroatoms. The Labute approximate surface area is 133 Å². The molecule has 1 N–H and O–H groups in total. The van der Waals surface area contributed by atoms with Gasteiger partial charge in [-0.3, -0.25) is 4.79 Å². The van der Waals surface area contributed by atoms with Crippen molar-refractivity contribution in [3.05, 3.63) is 41.0 Å². The van der Waals surface area contributed by atoms with Gasteiger partial charge in [-0.1, -0.05) is 36.7 Å². The van der Waals surface area contributed by atoms with Crippen LogP contribution in [0.4, 0.5) is 0 Å². The fourth-order valence-corrected chi connectivity index (χ4v) is 2.04. The van der Waals surface area contributed by atoms with Crippen LogP contribution in [-0.4, -0.2) is 22.2 Å². The monoisotopic (exact) mass is 323 g/mol. The summed E-state index contributed by atoms with van der Waals surface area (Å²) in [6, 6.07) is 6.95. The van der Waals surface area contributed by atoms with Crippen LogP contribution < -0.4 is 10.1 Å². The molecule has 0 bridgehead atoms. The van der Waals surface area contributed by atoms with Crippen molar-refractivity contribution in [3.8, 4) is 5.75 Å². The Morgan fingerprint density at radius 1 is 1.45 bits per heavy atom. The summed E-state index contributed by atoms with van der Waals surface area (Å²) in [5.74, 6) is 1.19. The van der Waals surface area contributed by atoms with Gasteiger partial charge in [-0.25, -0.2) is 0 Å². The number of rotatable bonds is 6. The largest absolute Gasteiger partial charge is 0.480 e. The standard InChI is InChI=1S/C15H18ClN3O3/c1-9(2)14(21-12-6-4-5-11(16)7-12)15(20)17-8-13-18-10(3)22-19-13/h4-7,9,14H,8H2,1-3H3,(H,17,20)/t14-/m0/s1. The van der Waals surface area contributed by atoms with Gasteiger partial charge in [0, 0.05) is 11.9 Å². The molecule has 0 radical (unpaired) electrons. The van der Waals surface area contributed by atoms with Gasteiger partial charge < -0.3 is 14.6 Å². The van der Waals surface area contributed by atoms with Crippen molar-refractivity contribution in [2.24, 2.45) is 5.92 Å². The summed E-state index contributed by atoms with van der Waals surface area (Å²) in [7, 11) is 0. The van der Waals surface area contributed by atoms with Crippen LogP contribution in [0, 0.1) is 12.8 Å². The van der Waals surface area contributed by atoms with Crippen LogP contribution >= 0.6 is 11.6 Å². The molecule has 0 spiro atoms. The molecule has 0 unspecified atom stereocenters. The molecule has 1 atom stereocenters. The zero-order chi connectivity index (χ0) is 16.1. The summed E-state index contributed by atoms with van der Waals surface area (Å²) in [6.07, 6.45) is -0.633. The number of nitrogens with zero attached hydrogens (tertiary/aromatic N) is 2. The van der Waals surface area contributed by atoms with Crippen LogP contribution in [-0.2, 0) is 11.3 Å². The second kappa shape index (κ2) is 7.26. The summed E-state index contributed by atoms with van der Waals surface area (Å²) >= 11 is 5.92. The molecule has 0 saturated heterocycles. The van der Waals surface area contributed by atoms with Crippen molar-refractivity contribution < 1.29 is 14.1 Å². The zero-order valence-electron chi connectivity index (χ0n) is 12.7. The Morgan fingerprint density at radius 2 is 2.23 bits per heavy atom. The number of carbonyl (C=O) groups is 1. The second-order valence-electron chi connectivity index (χ2n) is 5.19. The first-order valence-electron chi connectivity index (χ1n) is 6.95. The Morgan fingerprint density at radius 3 is 2.82 bits per heavy atom. The smallest absolute Gasteiger partial charge is 0.261 e. The number of aryl methyl sites for hydroxylation is 1. The minimum absolute atomic E-state index is 0.00835. The van der Waals surface area contributed by atoms with Crippen LogP contribution in [0.2, 0.25) is 5.02 Å². The van der Waals surface area contributed by atoms with Crippen molar-refractivity contribution in [2.45, 2.75) is 33.4 Å². The van der Waals surface area contributed by atoms with E-state index in [1.165, 1.54) is 0 Å². The molecule has 118 valence electrons. The maximum Gasteiger partial charge on any atom is 0.261 e. The van der Waals surface area contributed by atoms with Gasteiger partial charge in [0.2, 0.25) is 5.89 Å². The van der Waals surface area contributed by atoms with E-state index in [4.69, 9.17) is 20.9 Å². The van der Waals surface area contributed by atoms with Gasteiger partial charge >= 0.3 is 0 Å². The molecule has 1 aromatic heterocycles. The molecule has 22 heavy (non-hydrogen) atoms. The van der Waals surface area contributed by atoms with E-state index in [1.54, 1.807) is 31.2 Å². The van der Waals surface area contributed by atoms with Gasteiger partial charge in [0.1, 0.15) is 5.75 Å². The molecule has 1 heterocycles. The molecule has 1 aromatic carbocycles. The van der Waals surface area contributed by atoms with Crippen LogP contribution in [0.1, 0.15) is 25.6 Å². The van der Waals surface area contributed by atoms with Crippen LogP contribution in [0.3, 0.4) is 0 Å². The molecule has 0 aliphatic rings. The third-order valence-electron chi connectivity index (χ3n) is 2.91. The number of nitrogens with one attached hydrogen (secondary N) is 1. The topological polar surface area (TPSA) is 77.2 Å². The van der Waals surface area contributed by atoms with E-state index in [-0.39, 0.29) is 18.4 Å². The third-order valence-corrected chi connectivity index (χ3v) is 3.15. The molecule has 0 fully saturated rings. The van der Waals surface area contributed by atoms with Crippen molar-refractivity contribution in [3.63, 3.8) is 0 Å². The average molecular weight is 324 g/mol. The summed E-state index contributed by atoms with van der Waals surface area (Å²) in [5.41, 5.74) is 0. The van der Waals surface area contributed by atoms with E-state index in [1.807, 2.05) is 13.8 Å². The lowest BCUT2D eigenvalue weighted by atomic mass is 10.1. The Balaban J connectivity index is 1.99. The van der Waals surface area contributed by atoms with Gasteiger partial charge in [0.05, 0.1) is 6.54 Å². The first-order valence-corrected chi connectivity index (χ1v) is 7.32. The van der Waals surface area contributed by atoms with E-state index in [2.05, 4.69) is 15.5 Å². The highest BCUT2D eigenvalue weighted by molar-refractivity contribution is 6.30. The quantitative estimate of drug-likeness (QED) is 0.884.